The monoisotopic (exact) mass is 382 g/mol. The highest BCUT2D eigenvalue weighted by molar-refractivity contribution is 5.96. The van der Waals surface area contributed by atoms with Gasteiger partial charge in [0.05, 0.1) is 5.39 Å². The summed E-state index contributed by atoms with van der Waals surface area (Å²) < 4.78 is 1.89. The highest BCUT2D eigenvalue weighted by atomic mass is 16.2. The van der Waals surface area contributed by atoms with Gasteiger partial charge in [-0.3, -0.25) is 9.59 Å². The number of carbonyl (C=O) groups is 1. The minimum atomic E-state index is -0.261. The normalized spacial score (nSPS) is 22.8. The minimum absolute atomic E-state index is 0.219. The van der Waals surface area contributed by atoms with Gasteiger partial charge in [0.2, 0.25) is 5.43 Å². The van der Waals surface area contributed by atoms with Crippen LogP contribution in [0.25, 0.3) is 11.0 Å². The van der Waals surface area contributed by atoms with Crippen molar-refractivity contribution in [3.8, 4) is 0 Å². The zero-order chi connectivity index (χ0) is 19.7. The van der Waals surface area contributed by atoms with Gasteiger partial charge in [-0.2, -0.15) is 0 Å². The van der Waals surface area contributed by atoms with E-state index < -0.39 is 0 Å². The first-order chi connectivity index (χ1) is 13.6. The molecule has 6 nitrogen and oxygen atoms in total. The van der Waals surface area contributed by atoms with Crippen molar-refractivity contribution >= 4 is 16.9 Å². The molecule has 0 radical (unpaired) electrons. The second-order valence-electron chi connectivity index (χ2n) is 8.19. The second-order valence-corrected chi connectivity index (χ2v) is 8.19. The van der Waals surface area contributed by atoms with Crippen molar-refractivity contribution in [2.75, 3.05) is 19.6 Å². The van der Waals surface area contributed by atoms with E-state index in [1.807, 2.05) is 24.5 Å². The highest BCUT2D eigenvalue weighted by Gasteiger charge is 2.33. The van der Waals surface area contributed by atoms with E-state index in [-0.39, 0.29) is 16.9 Å². The third-order valence-electron chi connectivity index (χ3n) is 6.40. The lowest BCUT2D eigenvalue weighted by atomic mass is 9.83. The van der Waals surface area contributed by atoms with E-state index in [0.29, 0.717) is 36.1 Å². The molecular formula is C22H30N4O2. The molecule has 2 fully saturated rings. The van der Waals surface area contributed by atoms with Gasteiger partial charge >= 0.3 is 0 Å². The summed E-state index contributed by atoms with van der Waals surface area (Å²) in [6, 6.07) is 4.19. The fraction of sp³-hybridized carbons (Fsp3) is 0.591. The summed E-state index contributed by atoms with van der Waals surface area (Å²) in [7, 11) is 0. The van der Waals surface area contributed by atoms with Gasteiger partial charge in [-0.25, -0.2) is 4.98 Å². The number of amides is 1. The summed E-state index contributed by atoms with van der Waals surface area (Å²) >= 11 is 0. The molecule has 0 aliphatic carbocycles. The number of nitrogens with zero attached hydrogens (tertiary/aromatic N) is 3. The first-order valence-corrected chi connectivity index (χ1v) is 10.6. The molecule has 4 heterocycles. The molecule has 4 rings (SSSR count). The van der Waals surface area contributed by atoms with Crippen LogP contribution in [-0.2, 0) is 6.54 Å². The van der Waals surface area contributed by atoms with Crippen molar-refractivity contribution in [2.45, 2.75) is 58.5 Å². The molecule has 0 bridgehead atoms. The molecule has 0 unspecified atom stereocenters. The number of fused-ring (bicyclic) bond motifs is 2. The zero-order valence-electron chi connectivity index (χ0n) is 16.9. The lowest BCUT2D eigenvalue weighted by molar-refractivity contribution is 0.0575. The van der Waals surface area contributed by atoms with Crippen molar-refractivity contribution in [3.63, 3.8) is 0 Å². The van der Waals surface area contributed by atoms with Crippen LogP contribution in [0.15, 0.2) is 23.1 Å². The average molecular weight is 383 g/mol. The molecule has 0 aromatic carbocycles. The molecule has 2 aromatic heterocycles. The van der Waals surface area contributed by atoms with Crippen LogP contribution in [-0.4, -0.2) is 46.0 Å². The van der Waals surface area contributed by atoms with Gasteiger partial charge in [-0.1, -0.05) is 6.42 Å². The van der Waals surface area contributed by atoms with Crippen molar-refractivity contribution in [1.29, 1.82) is 0 Å². The number of rotatable bonds is 4. The van der Waals surface area contributed by atoms with Crippen molar-refractivity contribution in [2.24, 2.45) is 5.92 Å². The number of piperidine rings is 2. The molecule has 150 valence electrons. The van der Waals surface area contributed by atoms with Crippen LogP contribution in [0.4, 0.5) is 0 Å². The smallest absolute Gasteiger partial charge is 0.256 e. The number of aryl methyl sites for hydroxylation is 2. The third-order valence-corrected chi connectivity index (χ3v) is 6.40. The van der Waals surface area contributed by atoms with E-state index >= 15 is 0 Å². The molecule has 1 amide bonds. The molecular weight excluding hydrogens is 352 g/mol. The maximum absolute atomic E-state index is 12.9. The predicted molar refractivity (Wildman–Crippen MR) is 111 cm³/mol. The van der Waals surface area contributed by atoms with E-state index in [1.165, 1.54) is 38.8 Å². The standard InChI is InChI=1S/C22H30N4O2/c1-3-25-14-18(20(27)17-10-9-15(2)24-21(17)25)22(28)23-13-16-7-6-12-26-11-5-4-8-19(16)26/h9-10,14,16,19H,3-8,11-13H2,1-2H3,(H,23,28)/t16-,19-/m1/s1. The summed E-state index contributed by atoms with van der Waals surface area (Å²) in [4.78, 5) is 32.9. The maximum atomic E-state index is 12.9. The van der Waals surface area contributed by atoms with Gasteiger partial charge in [0.15, 0.2) is 0 Å². The van der Waals surface area contributed by atoms with Crippen LogP contribution in [0, 0.1) is 12.8 Å². The van der Waals surface area contributed by atoms with Gasteiger partial charge in [0.25, 0.3) is 5.91 Å². The SMILES string of the molecule is CCn1cc(C(=O)NC[C@H]2CCCN3CCCC[C@H]23)c(=O)c2ccc(C)nc21. The predicted octanol–water partition coefficient (Wildman–Crippen LogP) is 2.72. The Kier molecular flexibility index (Phi) is 5.49. The van der Waals surface area contributed by atoms with Crippen LogP contribution >= 0.6 is 0 Å². The molecule has 1 N–H and O–H groups in total. The van der Waals surface area contributed by atoms with E-state index in [4.69, 9.17) is 0 Å². The van der Waals surface area contributed by atoms with Crippen molar-refractivity contribution < 1.29 is 4.79 Å². The second kappa shape index (κ2) is 8.03. The van der Waals surface area contributed by atoms with E-state index in [0.717, 1.165) is 12.1 Å². The summed E-state index contributed by atoms with van der Waals surface area (Å²) in [5, 5.41) is 3.58. The number of hydrogen-bond acceptors (Lipinski definition) is 4. The van der Waals surface area contributed by atoms with Gasteiger partial charge in [0, 0.05) is 31.0 Å². The number of carbonyl (C=O) groups excluding carboxylic acids is 1. The van der Waals surface area contributed by atoms with Crippen LogP contribution in [0.3, 0.4) is 0 Å². The Morgan fingerprint density at radius 1 is 1.21 bits per heavy atom. The molecule has 2 aliphatic heterocycles. The molecule has 2 saturated heterocycles. The molecule has 6 heteroatoms. The van der Waals surface area contributed by atoms with E-state index in [2.05, 4.69) is 15.2 Å². The average Bonchev–Trinajstić information content (AvgIpc) is 2.72. The fourth-order valence-corrected chi connectivity index (χ4v) is 4.90. The summed E-state index contributed by atoms with van der Waals surface area (Å²) in [5.74, 6) is 0.221. The van der Waals surface area contributed by atoms with Crippen LogP contribution in [0.1, 0.15) is 55.1 Å². The lowest BCUT2D eigenvalue weighted by Gasteiger charge is -2.44. The Morgan fingerprint density at radius 2 is 2.04 bits per heavy atom. The van der Waals surface area contributed by atoms with E-state index in [9.17, 15) is 9.59 Å². The molecule has 28 heavy (non-hydrogen) atoms. The topological polar surface area (TPSA) is 67.2 Å². The molecule has 2 aromatic rings. The molecule has 2 atom stereocenters. The van der Waals surface area contributed by atoms with Gasteiger partial charge in [-0.15, -0.1) is 0 Å². The quantitative estimate of drug-likeness (QED) is 0.883. The molecule has 0 spiro atoms. The summed E-state index contributed by atoms with van der Waals surface area (Å²) in [6.07, 6.45) is 7.81. The van der Waals surface area contributed by atoms with Gasteiger partial charge in [-0.05, 0) is 70.7 Å². The Labute approximate surface area is 165 Å². The third kappa shape index (κ3) is 3.58. The zero-order valence-corrected chi connectivity index (χ0v) is 16.9. The van der Waals surface area contributed by atoms with Crippen LogP contribution in [0.2, 0.25) is 0 Å². The van der Waals surface area contributed by atoms with Crippen LogP contribution in [0.5, 0.6) is 0 Å². The first kappa shape index (κ1) is 19.1. The molecule has 2 aliphatic rings. The van der Waals surface area contributed by atoms with Gasteiger partial charge < -0.3 is 14.8 Å². The first-order valence-electron chi connectivity index (χ1n) is 10.6. The van der Waals surface area contributed by atoms with E-state index in [1.54, 1.807) is 12.3 Å². The lowest BCUT2D eigenvalue weighted by Crippen LogP contribution is -2.51. The Morgan fingerprint density at radius 3 is 2.86 bits per heavy atom. The molecule has 0 saturated carbocycles. The maximum Gasteiger partial charge on any atom is 0.256 e. The number of hydrogen-bond donors (Lipinski definition) is 1. The largest absolute Gasteiger partial charge is 0.352 e. The Hall–Kier alpha value is -2.21. The van der Waals surface area contributed by atoms with Gasteiger partial charge in [0.1, 0.15) is 11.2 Å². The number of aromatic nitrogens is 2. The Bertz CT molecular complexity index is 934. The van der Waals surface area contributed by atoms with Crippen molar-refractivity contribution in [3.05, 3.63) is 39.8 Å². The minimum Gasteiger partial charge on any atom is -0.352 e. The number of pyridine rings is 2. The van der Waals surface area contributed by atoms with Crippen LogP contribution < -0.4 is 10.7 Å². The fourth-order valence-electron chi connectivity index (χ4n) is 4.90. The Balaban J connectivity index is 1.55. The summed E-state index contributed by atoms with van der Waals surface area (Å²) in [6.45, 7) is 7.59. The number of nitrogens with one attached hydrogen (secondary N) is 1. The van der Waals surface area contributed by atoms with Crippen molar-refractivity contribution in [1.82, 2.24) is 19.8 Å². The summed E-state index contributed by atoms with van der Waals surface area (Å²) in [5.41, 5.74) is 1.50. The highest BCUT2D eigenvalue weighted by Crippen LogP contribution is 2.30.